The average Bonchev–Trinajstić information content (AvgIpc) is 2.83. The lowest BCUT2D eigenvalue weighted by Crippen LogP contribution is -2.03. The summed E-state index contributed by atoms with van der Waals surface area (Å²) in [6.45, 7) is 0.691. The van der Waals surface area contributed by atoms with E-state index in [0.717, 1.165) is 26.7 Å². The summed E-state index contributed by atoms with van der Waals surface area (Å²) in [5, 5.41) is 5.59. The highest BCUT2D eigenvalue weighted by atomic mass is 79.9. The van der Waals surface area contributed by atoms with Crippen molar-refractivity contribution in [3.8, 4) is 5.75 Å². The van der Waals surface area contributed by atoms with Gasteiger partial charge in [0.15, 0.2) is 0 Å². The molecule has 3 nitrogen and oxygen atoms in total. The van der Waals surface area contributed by atoms with Crippen molar-refractivity contribution in [1.29, 1.82) is 0 Å². The molecule has 0 spiro atoms. The van der Waals surface area contributed by atoms with Gasteiger partial charge < -0.3 is 4.74 Å². The second-order valence-corrected chi connectivity index (χ2v) is 5.23. The minimum Gasteiger partial charge on any atom is -0.496 e. The van der Waals surface area contributed by atoms with Gasteiger partial charge in [0.1, 0.15) is 5.75 Å². The molecule has 2 aromatic carbocycles. The monoisotopic (exact) mass is 316 g/mol. The number of fused-ring (bicyclic) bond motifs is 1. The molecular weight excluding hydrogens is 304 g/mol. The molecule has 0 aliphatic carbocycles. The van der Waals surface area contributed by atoms with Crippen LogP contribution >= 0.6 is 15.9 Å². The van der Waals surface area contributed by atoms with Gasteiger partial charge in [-0.25, -0.2) is 0 Å². The molecule has 1 aromatic heterocycles. The summed E-state index contributed by atoms with van der Waals surface area (Å²) in [4.78, 5) is 0. The zero-order valence-corrected chi connectivity index (χ0v) is 12.1. The molecule has 19 heavy (non-hydrogen) atoms. The van der Waals surface area contributed by atoms with Crippen molar-refractivity contribution in [3.63, 3.8) is 0 Å². The molecule has 96 valence electrons. The molecular formula is C15H13BrN2O. The number of methoxy groups -OCH3 is 1. The smallest absolute Gasteiger partial charge is 0.124 e. The lowest BCUT2D eigenvalue weighted by molar-refractivity contribution is 0.407. The fourth-order valence-electron chi connectivity index (χ4n) is 2.18. The highest BCUT2D eigenvalue weighted by Crippen LogP contribution is 2.25. The molecule has 0 amide bonds. The predicted octanol–water partition coefficient (Wildman–Crippen LogP) is 3.86. The number of nitrogens with zero attached hydrogens (tertiary/aromatic N) is 2. The van der Waals surface area contributed by atoms with E-state index < -0.39 is 0 Å². The highest BCUT2D eigenvalue weighted by Gasteiger charge is 2.07. The summed E-state index contributed by atoms with van der Waals surface area (Å²) in [6, 6.07) is 14.2. The quantitative estimate of drug-likeness (QED) is 0.733. The maximum Gasteiger partial charge on any atom is 0.124 e. The van der Waals surface area contributed by atoms with E-state index >= 15 is 0 Å². The molecule has 0 saturated carbocycles. The maximum atomic E-state index is 5.40. The Hall–Kier alpha value is -1.81. The minimum absolute atomic E-state index is 0.691. The molecule has 0 radical (unpaired) electrons. The number of hydrogen-bond donors (Lipinski definition) is 0. The van der Waals surface area contributed by atoms with E-state index in [-0.39, 0.29) is 0 Å². The summed E-state index contributed by atoms with van der Waals surface area (Å²) >= 11 is 3.49. The fraction of sp³-hybridized carbons (Fsp3) is 0.133. The highest BCUT2D eigenvalue weighted by molar-refractivity contribution is 9.10. The Labute approximate surface area is 119 Å². The first-order chi connectivity index (χ1) is 9.28. The molecule has 0 saturated heterocycles. The number of benzene rings is 2. The molecule has 3 rings (SSSR count). The number of para-hydroxylation sites is 1. The summed E-state index contributed by atoms with van der Waals surface area (Å²) in [5.41, 5.74) is 2.23. The Bertz CT molecular complexity index is 721. The van der Waals surface area contributed by atoms with Gasteiger partial charge >= 0.3 is 0 Å². The maximum absolute atomic E-state index is 5.40. The second-order valence-electron chi connectivity index (χ2n) is 4.32. The van der Waals surface area contributed by atoms with Crippen LogP contribution in [0.3, 0.4) is 0 Å². The number of hydrogen-bond acceptors (Lipinski definition) is 2. The fourth-order valence-corrected chi connectivity index (χ4v) is 2.59. The van der Waals surface area contributed by atoms with Gasteiger partial charge in [0.25, 0.3) is 0 Å². The number of rotatable bonds is 3. The first kappa shape index (κ1) is 12.2. The lowest BCUT2D eigenvalue weighted by Gasteiger charge is -2.10. The van der Waals surface area contributed by atoms with Crippen molar-refractivity contribution in [1.82, 2.24) is 9.78 Å². The molecule has 1 heterocycles. The average molecular weight is 317 g/mol. The van der Waals surface area contributed by atoms with E-state index in [1.165, 1.54) is 0 Å². The molecule has 0 bridgehead atoms. The van der Waals surface area contributed by atoms with E-state index in [1.54, 1.807) is 7.11 Å². The summed E-state index contributed by atoms with van der Waals surface area (Å²) in [5.74, 6) is 0.878. The Balaban J connectivity index is 2.03. The molecule has 0 fully saturated rings. The molecule has 0 unspecified atom stereocenters. The molecule has 3 aromatic rings. The van der Waals surface area contributed by atoms with Gasteiger partial charge in [-0.2, -0.15) is 5.10 Å². The van der Waals surface area contributed by atoms with E-state index in [2.05, 4.69) is 39.2 Å². The number of aromatic nitrogens is 2. The first-order valence-electron chi connectivity index (χ1n) is 6.01. The SMILES string of the molecule is COc1ccc(Br)cc1Cn1ncc2ccccc21. The second kappa shape index (κ2) is 5.05. The molecule has 0 N–H and O–H groups in total. The molecule has 0 atom stereocenters. The standard InChI is InChI=1S/C15H13BrN2O/c1-19-15-7-6-13(16)8-12(15)10-18-14-5-3-2-4-11(14)9-17-18/h2-9H,10H2,1H3. The molecule has 0 aliphatic rings. The van der Waals surface area contributed by atoms with E-state index in [0.29, 0.717) is 6.54 Å². The van der Waals surface area contributed by atoms with Gasteiger partial charge in [0.05, 0.1) is 25.4 Å². The molecule has 4 heteroatoms. The van der Waals surface area contributed by atoms with Crippen LogP contribution in [0, 0.1) is 0 Å². The van der Waals surface area contributed by atoms with Crippen molar-refractivity contribution < 1.29 is 4.74 Å². The van der Waals surface area contributed by atoms with Gasteiger partial charge in [-0.15, -0.1) is 0 Å². The van der Waals surface area contributed by atoms with Gasteiger partial charge in [0, 0.05) is 15.4 Å². The van der Waals surface area contributed by atoms with E-state index in [4.69, 9.17) is 4.74 Å². The largest absolute Gasteiger partial charge is 0.496 e. The van der Waals surface area contributed by atoms with Gasteiger partial charge in [-0.1, -0.05) is 34.1 Å². The van der Waals surface area contributed by atoms with Crippen molar-refractivity contribution in [2.45, 2.75) is 6.54 Å². The Morgan fingerprint density at radius 3 is 2.89 bits per heavy atom. The van der Waals surface area contributed by atoms with Crippen molar-refractivity contribution >= 4 is 26.8 Å². The van der Waals surface area contributed by atoms with Gasteiger partial charge in [0.2, 0.25) is 0 Å². The van der Waals surface area contributed by atoms with Crippen LogP contribution in [-0.2, 0) is 6.54 Å². The zero-order valence-electron chi connectivity index (χ0n) is 10.5. The van der Waals surface area contributed by atoms with Crippen LogP contribution in [0.4, 0.5) is 0 Å². The van der Waals surface area contributed by atoms with Crippen LogP contribution in [-0.4, -0.2) is 16.9 Å². The first-order valence-corrected chi connectivity index (χ1v) is 6.80. The lowest BCUT2D eigenvalue weighted by atomic mass is 10.2. The van der Waals surface area contributed by atoms with Crippen LogP contribution in [0.25, 0.3) is 10.9 Å². The van der Waals surface area contributed by atoms with Crippen LogP contribution in [0.15, 0.2) is 53.1 Å². The van der Waals surface area contributed by atoms with Gasteiger partial charge in [-0.05, 0) is 24.3 Å². The predicted molar refractivity (Wildman–Crippen MR) is 79.5 cm³/mol. The normalized spacial score (nSPS) is 10.8. The van der Waals surface area contributed by atoms with Crippen LogP contribution in [0.2, 0.25) is 0 Å². The summed E-state index contributed by atoms with van der Waals surface area (Å²) in [7, 11) is 1.69. The van der Waals surface area contributed by atoms with Crippen molar-refractivity contribution in [3.05, 3.63) is 58.7 Å². The third kappa shape index (κ3) is 2.36. The van der Waals surface area contributed by atoms with Crippen LogP contribution in [0.5, 0.6) is 5.75 Å². The summed E-state index contributed by atoms with van der Waals surface area (Å²) in [6.07, 6.45) is 1.89. The van der Waals surface area contributed by atoms with Crippen molar-refractivity contribution in [2.24, 2.45) is 0 Å². The van der Waals surface area contributed by atoms with Crippen molar-refractivity contribution in [2.75, 3.05) is 7.11 Å². The Morgan fingerprint density at radius 1 is 1.21 bits per heavy atom. The Kier molecular flexibility index (Phi) is 3.25. The topological polar surface area (TPSA) is 27.1 Å². The minimum atomic E-state index is 0.691. The zero-order chi connectivity index (χ0) is 13.2. The third-order valence-electron chi connectivity index (χ3n) is 3.11. The van der Waals surface area contributed by atoms with E-state index in [1.807, 2.05) is 35.1 Å². The van der Waals surface area contributed by atoms with E-state index in [9.17, 15) is 0 Å². The number of halogens is 1. The Morgan fingerprint density at radius 2 is 2.05 bits per heavy atom. The van der Waals surface area contributed by atoms with Crippen LogP contribution < -0.4 is 4.74 Å². The third-order valence-corrected chi connectivity index (χ3v) is 3.61. The summed E-state index contributed by atoms with van der Waals surface area (Å²) < 4.78 is 8.43. The number of ether oxygens (including phenoxy) is 1. The van der Waals surface area contributed by atoms with Crippen LogP contribution in [0.1, 0.15) is 5.56 Å². The molecule has 0 aliphatic heterocycles. The van der Waals surface area contributed by atoms with Gasteiger partial charge in [-0.3, -0.25) is 4.68 Å².